The summed E-state index contributed by atoms with van der Waals surface area (Å²) in [5, 5.41) is 7.80. The highest BCUT2D eigenvalue weighted by atomic mass is 32.2. The van der Waals surface area contributed by atoms with E-state index < -0.39 is 14.6 Å². The number of hydrogen-bond acceptors (Lipinski definition) is 4. The largest absolute Gasteiger partial charge is 0.356 e. The van der Waals surface area contributed by atoms with Gasteiger partial charge in [0, 0.05) is 39.4 Å². The molecule has 1 aromatic heterocycles. The first-order valence-electron chi connectivity index (χ1n) is 8.26. The molecule has 0 aromatic carbocycles. The molecule has 1 aliphatic heterocycles. The molecule has 24 heavy (non-hydrogen) atoms. The molecule has 7 nitrogen and oxygen atoms in total. The zero-order valence-corrected chi connectivity index (χ0v) is 16.4. The van der Waals surface area contributed by atoms with E-state index in [-0.39, 0.29) is 5.75 Å². The van der Waals surface area contributed by atoms with Gasteiger partial charge in [-0.05, 0) is 39.7 Å². The first kappa shape index (κ1) is 18.8. The molecule has 1 aromatic rings. The molecule has 0 unspecified atom stereocenters. The maximum Gasteiger partial charge on any atom is 0.193 e. The van der Waals surface area contributed by atoms with Crippen molar-refractivity contribution in [3.05, 3.63) is 17.0 Å². The summed E-state index contributed by atoms with van der Waals surface area (Å²) in [6.45, 7) is 9.34. The third-order valence-corrected chi connectivity index (χ3v) is 7.40. The summed E-state index contributed by atoms with van der Waals surface area (Å²) < 4.78 is 25.4. The molecule has 0 atom stereocenters. The van der Waals surface area contributed by atoms with Crippen molar-refractivity contribution in [2.75, 3.05) is 32.4 Å². The Bertz CT molecular complexity index is 734. The second kappa shape index (κ2) is 6.74. The van der Waals surface area contributed by atoms with Crippen LogP contribution in [0.5, 0.6) is 0 Å². The number of aryl methyl sites for hydroxylation is 2. The summed E-state index contributed by atoms with van der Waals surface area (Å²) in [7, 11) is 0.645. The van der Waals surface area contributed by atoms with Crippen LogP contribution < -0.4 is 5.32 Å². The molecule has 1 aliphatic rings. The lowest BCUT2D eigenvalue weighted by atomic mass is 10.1. The summed E-state index contributed by atoms with van der Waals surface area (Å²) >= 11 is 0. The number of aromatic nitrogens is 2. The lowest BCUT2D eigenvalue weighted by Gasteiger charge is -2.39. The number of nitrogens with zero attached hydrogens (tertiary/aromatic N) is 4. The molecular formula is C16H29N5O2S. The van der Waals surface area contributed by atoms with Crippen LogP contribution in [-0.4, -0.2) is 66.2 Å². The van der Waals surface area contributed by atoms with E-state index in [0.29, 0.717) is 13.1 Å². The zero-order valence-electron chi connectivity index (χ0n) is 15.5. The summed E-state index contributed by atoms with van der Waals surface area (Å²) in [5.74, 6) is 0.929. The van der Waals surface area contributed by atoms with Gasteiger partial charge in [0.15, 0.2) is 15.8 Å². The number of rotatable bonds is 3. The quantitative estimate of drug-likeness (QED) is 0.637. The zero-order chi connectivity index (χ0) is 18.1. The van der Waals surface area contributed by atoms with Crippen molar-refractivity contribution in [1.29, 1.82) is 0 Å². The second-order valence-electron chi connectivity index (χ2n) is 7.00. The molecule has 0 spiro atoms. The van der Waals surface area contributed by atoms with Crippen molar-refractivity contribution in [3.63, 3.8) is 0 Å². The highest BCUT2D eigenvalue weighted by molar-refractivity contribution is 7.92. The fourth-order valence-electron chi connectivity index (χ4n) is 3.14. The fourth-order valence-corrected chi connectivity index (χ4v) is 4.50. The Morgan fingerprint density at radius 1 is 1.38 bits per heavy atom. The van der Waals surface area contributed by atoms with Crippen LogP contribution in [0.2, 0.25) is 0 Å². The van der Waals surface area contributed by atoms with Crippen LogP contribution in [0.25, 0.3) is 0 Å². The molecule has 2 rings (SSSR count). The number of nitrogens with one attached hydrogen (secondary N) is 1. The van der Waals surface area contributed by atoms with Crippen LogP contribution in [0.3, 0.4) is 0 Å². The molecule has 136 valence electrons. The summed E-state index contributed by atoms with van der Waals surface area (Å²) in [5.41, 5.74) is 3.48. The van der Waals surface area contributed by atoms with E-state index in [4.69, 9.17) is 0 Å². The van der Waals surface area contributed by atoms with Gasteiger partial charge in [-0.2, -0.15) is 5.10 Å². The molecule has 0 bridgehead atoms. The predicted octanol–water partition coefficient (Wildman–Crippen LogP) is 0.664. The van der Waals surface area contributed by atoms with Crippen LogP contribution in [0.15, 0.2) is 4.99 Å². The predicted molar refractivity (Wildman–Crippen MR) is 97.2 cm³/mol. The van der Waals surface area contributed by atoms with Gasteiger partial charge in [0.1, 0.15) is 0 Å². The average Bonchev–Trinajstić information content (AvgIpc) is 2.72. The van der Waals surface area contributed by atoms with Crippen molar-refractivity contribution in [2.24, 2.45) is 12.0 Å². The minimum Gasteiger partial charge on any atom is -0.356 e. The van der Waals surface area contributed by atoms with Crippen molar-refractivity contribution < 1.29 is 8.42 Å². The van der Waals surface area contributed by atoms with Crippen LogP contribution in [0.1, 0.15) is 30.8 Å². The molecular weight excluding hydrogens is 326 g/mol. The minimum absolute atomic E-state index is 0.168. The number of hydrogen-bond donors (Lipinski definition) is 1. The van der Waals surface area contributed by atoms with E-state index in [0.717, 1.165) is 24.6 Å². The van der Waals surface area contributed by atoms with Crippen molar-refractivity contribution in [2.45, 2.75) is 38.9 Å². The van der Waals surface area contributed by atoms with Crippen LogP contribution >= 0.6 is 0 Å². The van der Waals surface area contributed by atoms with Crippen LogP contribution in [0.4, 0.5) is 0 Å². The van der Waals surface area contributed by atoms with Crippen molar-refractivity contribution >= 4 is 15.8 Å². The van der Waals surface area contributed by atoms with Gasteiger partial charge in [-0.15, -0.1) is 0 Å². The van der Waals surface area contributed by atoms with Gasteiger partial charge in [0.25, 0.3) is 0 Å². The van der Waals surface area contributed by atoms with Gasteiger partial charge >= 0.3 is 0 Å². The Morgan fingerprint density at radius 2 is 2.04 bits per heavy atom. The van der Waals surface area contributed by atoms with Crippen molar-refractivity contribution in [1.82, 2.24) is 20.0 Å². The molecule has 0 amide bonds. The maximum absolute atomic E-state index is 12.1. The topological polar surface area (TPSA) is 79.6 Å². The third-order valence-electron chi connectivity index (χ3n) is 4.87. The number of guanidine groups is 1. The first-order chi connectivity index (χ1) is 11.1. The van der Waals surface area contributed by atoms with Crippen LogP contribution in [-0.2, 0) is 23.3 Å². The SMILES string of the molecule is CN=C(NCCc1c(C)nn(C)c1C)N1CCS(=O)(=O)C(C)(C)C1. The highest BCUT2D eigenvalue weighted by Crippen LogP contribution is 2.23. The molecule has 8 heteroatoms. The molecule has 0 saturated carbocycles. The van der Waals surface area contributed by atoms with E-state index in [1.165, 1.54) is 11.3 Å². The highest BCUT2D eigenvalue weighted by Gasteiger charge is 2.40. The Labute approximate surface area is 145 Å². The molecule has 0 radical (unpaired) electrons. The number of sulfone groups is 1. The van der Waals surface area contributed by atoms with E-state index in [2.05, 4.69) is 22.3 Å². The van der Waals surface area contributed by atoms with Crippen molar-refractivity contribution in [3.8, 4) is 0 Å². The summed E-state index contributed by atoms with van der Waals surface area (Å²) in [6, 6.07) is 0. The Kier molecular flexibility index (Phi) is 5.27. The lowest BCUT2D eigenvalue weighted by Crippen LogP contribution is -2.57. The average molecular weight is 356 g/mol. The van der Waals surface area contributed by atoms with E-state index in [1.807, 2.05) is 23.6 Å². The first-order valence-corrected chi connectivity index (χ1v) is 9.91. The van der Waals surface area contributed by atoms with Gasteiger partial charge in [0.2, 0.25) is 0 Å². The van der Waals surface area contributed by atoms with E-state index in [1.54, 1.807) is 20.9 Å². The van der Waals surface area contributed by atoms with Gasteiger partial charge in [-0.25, -0.2) is 8.42 Å². The smallest absolute Gasteiger partial charge is 0.193 e. The third kappa shape index (κ3) is 3.58. The molecule has 1 fully saturated rings. The number of aliphatic imine (C=N–C) groups is 1. The molecule has 0 aliphatic carbocycles. The van der Waals surface area contributed by atoms with E-state index in [9.17, 15) is 8.42 Å². The maximum atomic E-state index is 12.1. The Morgan fingerprint density at radius 3 is 2.54 bits per heavy atom. The monoisotopic (exact) mass is 355 g/mol. The van der Waals surface area contributed by atoms with Gasteiger partial charge in [-0.3, -0.25) is 9.67 Å². The Hall–Kier alpha value is -1.57. The van der Waals surface area contributed by atoms with Crippen LogP contribution in [0, 0.1) is 13.8 Å². The van der Waals surface area contributed by atoms with E-state index >= 15 is 0 Å². The summed E-state index contributed by atoms with van der Waals surface area (Å²) in [4.78, 5) is 6.35. The van der Waals surface area contributed by atoms with Gasteiger partial charge < -0.3 is 10.2 Å². The summed E-state index contributed by atoms with van der Waals surface area (Å²) in [6.07, 6.45) is 0.861. The standard InChI is InChI=1S/C16H29N5O2S/c1-12-14(13(2)20(6)19-12)7-8-18-15(17-5)21-9-10-24(22,23)16(3,4)11-21/h7-11H2,1-6H3,(H,17,18). The Balaban J connectivity index is 1.99. The normalized spacial score (nSPS) is 20.2. The van der Waals surface area contributed by atoms with Gasteiger partial charge in [-0.1, -0.05) is 0 Å². The molecule has 2 heterocycles. The molecule has 1 N–H and O–H groups in total. The lowest BCUT2D eigenvalue weighted by molar-refractivity contribution is 0.353. The van der Waals surface area contributed by atoms with Gasteiger partial charge in [0.05, 0.1) is 16.2 Å². The minimum atomic E-state index is -3.04. The molecule has 1 saturated heterocycles. The fraction of sp³-hybridized carbons (Fsp3) is 0.750. The second-order valence-corrected chi connectivity index (χ2v) is 9.74.